The average molecular weight is 418 g/mol. The second-order valence-corrected chi connectivity index (χ2v) is 7.61. The third-order valence-electron chi connectivity index (χ3n) is 4.50. The van der Waals surface area contributed by atoms with Crippen molar-refractivity contribution in [3.8, 4) is 5.69 Å². The number of rotatable bonds is 6. The van der Waals surface area contributed by atoms with Crippen molar-refractivity contribution in [3.63, 3.8) is 0 Å². The number of anilines is 1. The number of imidazole rings is 1. The number of hydrogen-bond donors (Lipinski definition) is 1. The minimum absolute atomic E-state index is 0.0706. The van der Waals surface area contributed by atoms with Gasteiger partial charge in [-0.15, -0.1) is 0 Å². The maximum atomic E-state index is 12.5. The number of aromatic nitrogens is 2. The van der Waals surface area contributed by atoms with Gasteiger partial charge in [0.25, 0.3) is 5.69 Å². The predicted octanol–water partition coefficient (Wildman–Crippen LogP) is 4.97. The number of aryl methyl sites for hydroxylation is 1. The first-order valence-corrected chi connectivity index (χ1v) is 10.2. The Bertz CT molecular complexity index is 1240. The van der Waals surface area contributed by atoms with Crippen molar-refractivity contribution in [2.75, 3.05) is 11.1 Å². The first-order chi connectivity index (χ1) is 14.5. The van der Waals surface area contributed by atoms with E-state index in [1.807, 2.05) is 59.2 Å². The molecule has 0 aliphatic heterocycles. The third kappa shape index (κ3) is 4.04. The van der Waals surface area contributed by atoms with E-state index in [4.69, 9.17) is 0 Å². The lowest BCUT2D eigenvalue weighted by atomic mass is 10.2. The van der Waals surface area contributed by atoms with Gasteiger partial charge in [-0.25, -0.2) is 4.98 Å². The number of benzene rings is 3. The highest BCUT2D eigenvalue weighted by Gasteiger charge is 2.18. The molecule has 7 nitrogen and oxygen atoms in total. The lowest BCUT2D eigenvalue weighted by Crippen LogP contribution is -2.15. The number of amides is 1. The van der Waals surface area contributed by atoms with E-state index in [-0.39, 0.29) is 23.0 Å². The molecule has 0 radical (unpaired) electrons. The van der Waals surface area contributed by atoms with Crippen LogP contribution >= 0.6 is 11.8 Å². The molecule has 4 aromatic rings. The van der Waals surface area contributed by atoms with E-state index in [1.165, 1.54) is 17.8 Å². The van der Waals surface area contributed by atoms with Gasteiger partial charge in [-0.05, 0) is 42.8 Å². The van der Waals surface area contributed by atoms with Gasteiger partial charge >= 0.3 is 0 Å². The smallest absolute Gasteiger partial charge is 0.293 e. The van der Waals surface area contributed by atoms with Crippen LogP contribution < -0.4 is 5.32 Å². The van der Waals surface area contributed by atoms with E-state index in [2.05, 4.69) is 10.3 Å². The summed E-state index contributed by atoms with van der Waals surface area (Å²) in [7, 11) is 0. The summed E-state index contributed by atoms with van der Waals surface area (Å²) >= 11 is 1.28. The van der Waals surface area contributed by atoms with Crippen LogP contribution in [0.3, 0.4) is 0 Å². The molecule has 8 heteroatoms. The summed E-state index contributed by atoms with van der Waals surface area (Å²) in [4.78, 5) is 28.0. The topological polar surface area (TPSA) is 90.1 Å². The third-order valence-corrected chi connectivity index (χ3v) is 5.44. The molecule has 1 amide bonds. The number of thioether (sulfide) groups is 1. The molecular formula is C22H18N4O3S. The Morgan fingerprint density at radius 2 is 1.83 bits per heavy atom. The molecule has 0 atom stereocenters. The lowest BCUT2D eigenvalue weighted by Gasteiger charge is -2.09. The fraction of sp³-hybridized carbons (Fsp3) is 0.0909. The molecule has 0 saturated carbocycles. The van der Waals surface area contributed by atoms with Crippen molar-refractivity contribution < 1.29 is 9.72 Å². The number of nitrogens with one attached hydrogen (secondary N) is 1. The molecule has 3 aromatic carbocycles. The van der Waals surface area contributed by atoms with Crippen LogP contribution in [-0.2, 0) is 4.79 Å². The molecule has 0 bridgehead atoms. The van der Waals surface area contributed by atoms with Crippen molar-refractivity contribution in [1.82, 2.24) is 9.55 Å². The number of nitro groups is 1. The molecule has 30 heavy (non-hydrogen) atoms. The quantitative estimate of drug-likeness (QED) is 0.271. The Labute approximate surface area is 176 Å². The Kier molecular flexibility index (Phi) is 5.49. The summed E-state index contributed by atoms with van der Waals surface area (Å²) in [6.07, 6.45) is 0. The Morgan fingerprint density at radius 1 is 1.10 bits per heavy atom. The molecule has 0 aliphatic rings. The zero-order valence-electron chi connectivity index (χ0n) is 16.1. The summed E-state index contributed by atoms with van der Waals surface area (Å²) in [6, 6.07) is 22.3. The first-order valence-electron chi connectivity index (χ1n) is 9.23. The van der Waals surface area contributed by atoms with E-state index in [9.17, 15) is 14.9 Å². The maximum absolute atomic E-state index is 12.5. The van der Waals surface area contributed by atoms with Crippen LogP contribution in [0.5, 0.6) is 0 Å². The lowest BCUT2D eigenvalue weighted by molar-refractivity contribution is -0.384. The molecule has 0 spiro atoms. The Morgan fingerprint density at radius 3 is 2.60 bits per heavy atom. The molecule has 1 aromatic heterocycles. The van der Waals surface area contributed by atoms with Crippen LogP contribution in [0.25, 0.3) is 16.7 Å². The Hall–Kier alpha value is -3.65. The van der Waals surface area contributed by atoms with Gasteiger partial charge in [0.05, 0.1) is 21.7 Å². The van der Waals surface area contributed by atoms with Gasteiger partial charge in [0, 0.05) is 11.8 Å². The molecule has 0 aliphatic carbocycles. The van der Waals surface area contributed by atoms with Gasteiger partial charge in [0.1, 0.15) is 5.69 Å². The molecule has 0 saturated heterocycles. The number of nitro benzene ring substituents is 1. The highest BCUT2D eigenvalue weighted by molar-refractivity contribution is 7.99. The molecular weight excluding hydrogens is 400 g/mol. The summed E-state index contributed by atoms with van der Waals surface area (Å²) in [5, 5.41) is 14.6. The minimum Gasteiger partial charge on any atom is -0.320 e. The fourth-order valence-corrected chi connectivity index (χ4v) is 3.97. The van der Waals surface area contributed by atoms with Crippen LogP contribution in [0.2, 0.25) is 0 Å². The fourth-order valence-electron chi connectivity index (χ4n) is 3.14. The first kappa shape index (κ1) is 19.7. The van der Waals surface area contributed by atoms with Crippen molar-refractivity contribution in [2.45, 2.75) is 12.1 Å². The zero-order chi connectivity index (χ0) is 21.1. The number of nitrogens with zero attached hydrogens (tertiary/aromatic N) is 3. The van der Waals surface area contributed by atoms with Crippen LogP contribution in [-0.4, -0.2) is 26.1 Å². The monoisotopic (exact) mass is 418 g/mol. The van der Waals surface area contributed by atoms with Gasteiger partial charge in [0.2, 0.25) is 5.91 Å². The largest absolute Gasteiger partial charge is 0.320 e. The van der Waals surface area contributed by atoms with E-state index in [1.54, 1.807) is 19.1 Å². The molecule has 0 unspecified atom stereocenters. The normalized spacial score (nSPS) is 10.8. The van der Waals surface area contributed by atoms with E-state index in [0.29, 0.717) is 5.16 Å². The van der Waals surface area contributed by atoms with Crippen molar-refractivity contribution >= 4 is 40.1 Å². The average Bonchev–Trinajstić information content (AvgIpc) is 3.12. The van der Waals surface area contributed by atoms with Crippen LogP contribution in [0, 0.1) is 17.0 Å². The summed E-state index contributed by atoms with van der Waals surface area (Å²) < 4.78 is 2.00. The van der Waals surface area contributed by atoms with E-state index >= 15 is 0 Å². The second kappa shape index (κ2) is 8.38. The molecule has 150 valence electrons. The van der Waals surface area contributed by atoms with Gasteiger partial charge in [-0.3, -0.25) is 19.5 Å². The summed E-state index contributed by atoms with van der Waals surface area (Å²) in [6.45, 7) is 1.77. The second-order valence-electron chi connectivity index (χ2n) is 6.67. The highest BCUT2D eigenvalue weighted by atomic mass is 32.2. The molecule has 1 N–H and O–H groups in total. The highest BCUT2D eigenvalue weighted by Crippen LogP contribution is 2.29. The zero-order valence-corrected chi connectivity index (χ0v) is 16.9. The molecule has 1 heterocycles. The molecule has 0 fully saturated rings. The van der Waals surface area contributed by atoms with E-state index < -0.39 is 4.92 Å². The minimum atomic E-state index is -0.495. The van der Waals surface area contributed by atoms with Gasteiger partial charge < -0.3 is 5.32 Å². The molecule has 4 rings (SSSR count). The van der Waals surface area contributed by atoms with Crippen LogP contribution in [0.1, 0.15) is 5.56 Å². The summed E-state index contributed by atoms with van der Waals surface area (Å²) in [5.41, 5.74) is 3.55. The van der Waals surface area contributed by atoms with Gasteiger partial charge in [-0.1, -0.05) is 48.2 Å². The van der Waals surface area contributed by atoms with Gasteiger partial charge in [-0.2, -0.15) is 0 Å². The van der Waals surface area contributed by atoms with Crippen LogP contribution in [0.15, 0.2) is 78.0 Å². The summed E-state index contributed by atoms with van der Waals surface area (Å²) in [5.74, 6) is -0.264. The number of para-hydroxylation sites is 3. The SMILES string of the molecule is Cc1ccc(NC(=O)CSc2nc3ccccc3n2-c2ccccc2)c([N+](=O)[O-])c1. The number of carbonyl (C=O) groups excluding carboxylic acids is 1. The number of fused-ring (bicyclic) bond motifs is 1. The van der Waals surface area contributed by atoms with Crippen molar-refractivity contribution in [2.24, 2.45) is 0 Å². The standard InChI is InChI=1S/C22H18N4O3S/c1-15-11-12-18(20(13-15)26(28)29)23-21(27)14-30-22-24-17-9-5-6-10-19(17)25(22)16-7-3-2-4-8-16/h2-13H,14H2,1H3,(H,23,27). The maximum Gasteiger partial charge on any atom is 0.293 e. The van der Waals surface area contributed by atoms with Crippen molar-refractivity contribution in [3.05, 3.63) is 88.5 Å². The van der Waals surface area contributed by atoms with Crippen LogP contribution in [0.4, 0.5) is 11.4 Å². The number of carbonyl (C=O) groups is 1. The Balaban J connectivity index is 1.57. The van der Waals surface area contributed by atoms with Crippen molar-refractivity contribution in [1.29, 1.82) is 0 Å². The van der Waals surface area contributed by atoms with Gasteiger partial charge in [0.15, 0.2) is 5.16 Å². The van der Waals surface area contributed by atoms with E-state index in [0.717, 1.165) is 22.3 Å². The predicted molar refractivity (Wildman–Crippen MR) is 118 cm³/mol. The number of hydrogen-bond acceptors (Lipinski definition) is 5.